The Labute approximate surface area is 129 Å². The molecule has 0 saturated heterocycles. The van der Waals surface area contributed by atoms with Gasteiger partial charge in [-0.25, -0.2) is 0 Å². The highest BCUT2D eigenvalue weighted by molar-refractivity contribution is 6.00. The molecule has 0 aromatic heterocycles. The first kappa shape index (κ1) is 17.8. The minimum absolute atomic E-state index is 0.0137. The molecular formula is C16H20O6. The van der Waals surface area contributed by atoms with E-state index in [0.29, 0.717) is 6.42 Å². The van der Waals surface area contributed by atoms with Crippen LogP contribution in [-0.2, 0) is 23.9 Å². The van der Waals surface area contributed by atoms with E-state index in [1.165, 1.54) is 14.2 Å². The largest absolute Gasteiger partial charge is 0.481 e. The number of carboxylic acid groups (broad SMARTS) is 1. The summed E-state index contributed by atoms with van der Waals surface area (Å²) in [4.78, 5) is 35.0. The molecule has 1 saturated carbocycles. The quantitative estimate of drug-likeness (QED) is 0.331. The highest BCUT2D eigenvalue weighted by atomic mass is 16.5. The van der Waals surface area contributed by atoms with Crippen LogP contribution in [0.2, 0.25) is 0 Å². The van der Waals surface area contributed by atoms with Crippen LogP contribution in [0.1, 0.15) is 26.2 Å². The molecule has 22 heavy (non-hydrogen) atoms. The van der Waals surface area contributed by atoms with E-state index in [-0.39, 0.29) is 24.7 Å². The highest BCUT2D eigenvalue weighted by Gasteiger charge is 2.47. The summed E-state index contributed by atoms with van der Waals surface area (Å²) in [6.45, 7) is 1.61. The number of carbonyl (C=O) groups is 3. The van der Waals surface area contributed by atoms with Gasteiger partial charge < -0.3 is 14.6 Å². The number of methoxy groups -OCH3 is 2. The number of hydrogen-bond acceptors (Lipinski definition) is 5. The summed E-state index contributed by atoms with van der Waals surface area (Å²) in [5, 5.41) is 8.85. The fourth-order valence-corrected chi connectivity index (χ4v) is 2.25. The normalized spacial score (nSPS) is 20.0. The summed E-state index contributed by atoms with van der Waals surface area (Å²) >= 11 is 0. The van der Waals surface area contributed by atoms with E-state index >= 15 is 0 Å². The number of carboxylic acids is 1. The Morgan fingerprint density at radius 2 is 1.86 bits per heavy atom. The summed E-state index contributed by atoms with van der Waals surface area (Å²) in [5.41, 5.74) is -1.52. The van der Waals surface area contributed by atoms with Gasteiger partial charge in [-0.1, -0.05) is 12.2 Å². The van der Waals surface area contributed by atoms with Crippen molar-refractivity contribution in [2.24, 2.45) is 17.3 Å². The lowest BCUT2D eigenvalue weighted by Gasteiger charge is -2.24. The lowest BCUT2D eigenvalue weighted by atomic mass is 9.81. The summed E-state index contributed by atoms with van der Waals surface area (Å²) < 4.78 is 9.47. The molecule has 0 spiro atoms. The number of carbonyl (C=O) groups excluding carboxylic acids is 2. The molecule has 0 radical (unpaired) electrons. The molecule has 1 aliphatic rings. The summed E-state index contributed by atoms with van der Waals surface area (Å²) in [5.74, 6) is 2.68. The molecule has 1 aliphatic carbocycles. The number of ether oxygens (including phenoxy) is 2. The van der Waals surface area contributed by atoms with E-state index in [9.17, 15) is 14.4 Å². The van der Waals surface area contributed by atoms with Crippen molar-refractivity contribution in [3.8, 4) is 11.8 Å². The van der Waals surface area contributed by atoms with Gasteiger partial charge in [-0.2, -0.15) is 0 Å². The lowest BCUT2D eigenvalue weighted by Crippen LogP contribution is -2.40. The zero-order valence-corrected chi connectivity index (χ0v) is 12.9. The van der Waals surface area contributed by atoms with Crippen molar-refractivity contribution in [1.82, 2.24) is 0 Å². The van der Waals surface area contributed by atoms with Crippen LogP contribution in [0.3, 0.4) is 0 Å². The van der Waals surface area contributed by atoms with Gasteiger partial charge >= 0.3 is 17.9 Å². The zero-order valence-electron chi connectivity index (χ0n) is 12.9. The van der Waals surface area contributed by atoms with E-state index in [1.807, 2.05) is 0 Å². The Bertz CT molecular complexity index is 521. The standard InChI is InChI=1S/C16H20O6/c1-4-5-8-16(14(19)21-2,15(20)22-3)9-6-7-11-10-12(11)13(17)18/h6-7,11-12H,8-10H2,1-3H3,(H,17,18)/b7-6+/t11-,12-/m0/s1. The topological polar surface area (TPSA) is 89.9 Å². The first-order valence-corrected chi connectivity index (χ1v) is 6.88. The van der Waals surface area contributed by atoms with E-state index in [1.54, 1.807) is 19.1 Å². The molecule has 120 valence electrons. The smallest absolute Gasteiger partial charge is 0.324 e. The third kappa shape index (κ3) is 3.88. The maximum absolute atomic E-state index is 12.1. The fourth-order valence-electron chi connectivity index (χ4n) is 2.25. The van der Waals surface area contributed by atoms with Crippen molar-refractivity contribution in [2.75, 3.05) is 14.2 Å². The van der Waals surface area contributed by atoms with Gasteiger partial charge in [-0.05, 0) is 25.7 Å². The molecule has 0 unspecified atom stereocenters. The second kappa shape index (κ2) is 7.64. The van der Waals surface area contributed by atoms with Gasteiger partial charge in [0, 0.05) is 6.42 Å². The Morgan fingerprint density at radius 3 is 2.27 bits per heavy atom. The number of rotatable bonds is 7. The minimum atomic E-state index is -1.52. The second-order valence-electron chi connectivity index (χ2n) is 5.15. The van der Waals surface area contributed by atoms with Gasteiger partial charge in [0.2, 0.25) is 0 Å². The monoisotopic (exact) mass is 308 g/mol. The van der Waals surface area contributed by atoms with Crippen LogP contribution in [0, 0.1) is 29.1 Å². The molecule has 1 fully saturated rings. The molecule has 0 aromatic carbocycles. The van der Waals surface area contributed by atoms with Crippen molar-refractivity contribution < 1.29 is 29.0 Å². The molecule has 1 N–H and O–H groups in total. The van der Waals surface area contributed by atoms with E-state index < -0.39 is 23.3 Å². The predicted octanol–water partition coefficient (Wildman–Crippen LogP) is 1.40. The van der Waals surface area contributed by atoms with E-state index in [2.05, 4.69) is 11.8 Å². The average Bonchev–Trinajstić information content (AvgIpc) is 3.29. The Hall–Kier alpha value is -2.29. The third-order valence-electron chi connectivity index (χ3n) is 3.73. The molecule has 0 bridgehead atoms. The van der Waals surface area contributed by atoms with E-state index in [4.69, 9.17) is 14.6 Å². The van der Waals surface area contributed by atoms with Gasteiger partial charge in [0.1, 0.15) is 0 Å². The van der Waals surface area contributed by atoms with Crippen LogP contribution in [-0.4, -0.2) is 37.2 Å². The van der Waals surface area contributed by atoms with Crippen LogP contribution in [0.5, 0.6) is 0 Å². The molecule has 0 aliphatic heterocycles. The van der Waals surface area contributed by atoms with Crippen LogP contribution < -0.4 is 0 Å². The van der Waals surface area contributed by atoms with Gasteiger partial charge in [0.25, 0.3) is 0 Å². The maximum Gasteiger partial charge on any atom is 0.324 e. The van der Waals surface area contributed by atoms with Crippen LogP contribution in [0.4, 0.5) is 0 Å². The molecule has 6 nitrogen and oxygen atoms in total. The maximum atomic E-state index is 12.1. The van der Waals surface area contributed by atoms with Gasteiger partial charge in [-0.3, -0.25) is 14.4 Å². The van der Waals surface area contributed by atoms with Crippen LogP contribution in [0.25, 0.3) is 0 Å². The number of allylic oxidation sites excluding steroid dienone is 2. The van der Waals surface area contributed by atoms with Gasteiger partial charge in [0.05, 0.1) is 20.1 Å². The SMILES string of the molecule is CC#CCC(C/C=C/[C@H]1C[C@@H]1C(=O)O)(C(=O)OC)C(=O)OC. The molecule has 0 heterocycles. The Balaban J connectivity index is 2.90. The minimum Gasteiger partial charge on any atom is -0.481 e. The molecule has 6 heteroatoms. The second-order valence-corrected chi connectivity index (χ2v) is 5.15. The zero-order chi connectivity index (χ0) is 16.8. The molecular weight excluding hydrogens is 288 g/mol. The lowest BCUT2D eigenvalue weighted by molar-refractivity contribution is -0.168. The Kier molecular flexibility index (Phi) is 6.17. The van der Waals surface area contributed by atoms with E-state index in [0.717, 1.165) is 0 Å². The first-order chi connectivity index (χ1) is 10.4. The van der Waals surface area contributed by atoms with Crippen molar-refractivity contribution in [1.29, 1.82) is 0 Å². The number of hydrogen-bond donors (Lipinski definition) is 1. The fraction of sp³-hybridized carbons (Fsp3) is 0.562. The third-order valence-corrected chi connectivity index (χ3v) is 3.73. The average molecular weight is 308 g/mol. The molecule has 1 rings (SSSR count). The van der Waals surface area contributed by atoms with Crippen LogP contribution in [0.15, 0.2) is 12.2 Å². The number of aliphatic carboxylic acids is 1. The molecule has 0 amide bonds. The number of esters is 2. The first-order valence-electron chi connectivity index (χ1n) is 6.88. The molecule has 0 aromatic rings. The molecule has 2 atom stereocenters. The summed E-state index contributed by atoms with van der Waals surface area (Å²) in [6, 6.07) is 0. The van der Waals surface area contributed by atoms with Crippen molar-refractivity contribution in [2.45, 2.75) is 26.2 Å². The van der Waals surface area contributed by atoms with Crippen molar-refractivity contribution in [3.05, 3.63) is 12.2 Å². The predicted molar refractivity (Wildman–Crippen MR) is 77.5 cm³/mol. The summed E-state index contributed by atoms with van der Waals surface area (Å²) in [6.07, 6.45) is 3.98. The highest BCUT2D eigenvalue weighted by Crippen LogP contribution is 2.40. The van der Waals surface area contributed by atoms with Crippen LogP contribution >= 0.6 is 0 Å². The van der Waals surface area contributed by atoms with Crippen molar-refractivity contribution in [3.63, 3.8) is 0 Å². The summed E-state index contributed by atoms with van der Waals surface area (Å²) in [7, 11) is 2.40. The Morgan fingerprint density at radius 1 is 1.27 bits per heavy atom. The van der Waals surface area contributed by atoms with Crippen molar-refractivity contribution >= 4 is 17.9 Å². The van der Waals surface area contributed by atoms with Gasteiger partial charge in [0.15, 0.2) is 5.41 Å². The van der Waals surface area contributed by atoms with Gasteiger partial charge in [-0.15, -0.1) is 11.8 Å².